The summed E-state index contributed by atoms with van der Waals surface area (Å²) in [5.41, 5.74) is 10.4. The summed E-state index contributed by atoms with van der Waals surface area (Å²) in [6.07, 6.45) is 1.57. The third-order valence-corrected chi connectivity index (χ3v) is 10.8. The molecule has 2 aliphatic rings. The molecule has 2 atom stereocenters. The van der Waals surface area contributed by atoms with Gasteiger partial charge in [0.1, 0.15) is 23.3 Å². The number of fused-ring (bicyclic) bond motifs is 1. The maximum atomic E-state index is 14.7. The Labute approximate surface area is 310 Å². The molecule has 0 amide bonds. The predicted molar refractivity (Wildman–Crippen MR) is 211 cm³/mol. The van der Waals surface area contributed by atoms with E-state index in [4.69, 9.17) is 25.5 Å². The van der Waals surface area contributed by atoms with Crippen molar-refractivity contribution in [3.05, 3.63) is 77.4 Å². The largest absolute Gasteiger partial charge is 0.458 e. The number of allylic oxidation sites excluding steroid dienone is 1. The zero-order valence-corrected chi connectivity index (χ0v) is 33.3. The van der Waals surface area contributed by atoms with Crippen LogP contribution in [0.3, 0.4) is 0 Å². The van der Waals surface area contributed by atoms with Crippen molar-refractivity contribution in [1.29, 1.82) is 5.26 Å². The number of aliphatic imine (C=N–C) groups is 1. The first kappa shape index (κ1) is 38.5. The standard InChI is InChI=1S/C43H57N7O2/c1-14-49(27(4)45)30-19-20-34(26(3)23-30)46-38-31(24-44)35(39-47-37(48-50(38)39)28-15-17-29(18-16-28)41(5,6)7)40(51)52-36-32(42(8,9)10)21-25(2)22-33(36)43(11,12)13/h15-20,23,25,32-33,36H,4,14,21-22,45H2,1-3,5-13H3. The van der Waals surface area contributed by atoms with E-state index in [1.807, 2.05) is 49.1 Å². The van der Waals surface area contributed by atoms with Gasteiger partial charge in [0.05, 0.1) is 11.5 Å². The molecule has 1 saturated carbocycles. The first-order valence-electron chi connectivity index (χ1n) is 18.5. The Kier molecular flexibility index (Phi) is 10.4. The normalized spacial score (nSPS) is 21.6. The number of benzene rings is 2. The highest BCUT2D eigenvalue weighted by Gasteiger charge is 2.49. The Morgan fingerprint density at radius 3 is 2.12 bits per heavy atom. The van der Waals surface area contributed by atoms with Crippen molar-refractivity contribution in [3.63, 3.8) is 0 Å². The van der Waals surface area contributed by atoms with Crippen LogP contribution in [0.1, 0.15) is 106 Å². The van der Waals surface area contributed by atoms with Crippen LogP contribution in [-0.4, -0.2) is 39.2 Å². The zero-order valence-electron chi connectivity index (χ0n) is 33.3. The number of nitrogens with zero attached hydrogens (tertiary/aromatic N) is 6. The van der Waals surface area contributed by atoms with Gasteiger partial charge in [0.15, 0.2) is 17.5 Å². The van der Waals surface area contributed by atoms with Gasteiger partial charge in [0, 0.05) is 29.6 Å². The molecule has 2 aromatic carbocycles. The van der Waals surface area contributed by atoms with Crippen molar-refractivity contribution in [1.82, 2.24) is 14.8 Å². The number of nitriles is 1. The number of carbonyl (C=O) groups is 1. The Hall–Kier alpha value is -4.71. The van der Waals surface area contributed by atoms with Crippen molar-refractivity contribution < 1.29 is 9.53 Å². The number of nitrogens with two attached hydrogens (primary N) is 1. The van der Waals surface area contributed by atoms with E-state index >= 15 is 0 Å². The SMILES string of the molecule is C=C(N)N(CC)c1ccc(N=C2C(C#N)=C(C(=O)OC3C(C(C)(C)C)CC(C)CC3C(C)(C)C)c3nc(-c4ccc(C(C)(C)C)cc4)nn32)c(C)c1. The minimum absolute atomic E-state index is 0.0190. The van der Waals surface area contributed by atoms with Crippen molar-refractivity contribution in [2.45, 2.75) is 107 Å². The summed E-state index contributed by atoms with van der Waals surface area (Å²) in [5.74, 6) is 1.56. The van der Waals surface area contributed by atoms with E-state index < -0.39 is 5.97 Å². The van der Waals surface area contributed by atoms with Crippen LogP contribution in [0.4, 0.5) is 11.4 Å². The second kappa shape index (κ2) is 14.0. The van der Waals surface area contributed by atoms with Crippen LogP contribution in [0.5, 0.6) is 0 Å². The van der Waals surface area contributed by atoms with Gasteiger partial charge in [-0.2, -0.15) is 9.94 Å². The molecule has 0 bridgehead atoms. The number of hydrogen-bond donors (Lipinski definition) is 1. The van der Waals surface area contributed by atoms with Crippen LogP contribution in [-0.2, 0) is 14.9 Å². The fraction of sp³-hybridized carbons (Fsp3) is 0.512. The van der Waals surface area contributed by atoms with Gasteiger partial charge in [-0.05, 0) is 78.2 Å². The maximum absolute atomic E-state index is 14.7. The lowest BCUT2D eigenvalue weighted by Crippen LogP contribution is -2.49. The van der Waals surface area contributed by atoms with Gasteiger partial charge in [0.25, 0.3) is 0 Å². The number of carbonyl (C=O) groups excluding carboxylic acids is 1. The number of aromatic nitrogens is 3. The number of anilines is 1. The molecule has 276 valence electrons. The third kappa shape index (κ3) is 7.58. The molecule has 0 spiro atoms. The molecule has 5 rings (SSSR count). The average Bonchev–Trinajstić information content (AvgIpc) is 3.59. The number of esters is 1. The first-order chi connectivity index (χ1) is 24.1. The fourth-order valence-corrected chi connectivity index (χ4v) is 7.75. The average molecular weight is 704 g/mol. The Balaban J connectivity index is 1.66. The van der Waals surface area contributed by atoms with Gasteiger partial charge in [-0.3, -0.25) is 0 Å². The molecule has 0 radical (unpaired) electrons. The molecule has 1 aliphatic carbocycles. The van der Waals surface area contributed by atoms with E-state index in [9.17, 15) is 10.1 Å². The molecule has 1 aliphatic heterocycles. The van der Waals surface area contributed by atoms with Gasteiger partial charge in [0.2, 0.25) is 0 Å². The number of rotatable bonds is 7. The summed E-state index contributed by atoms with van der Waals surface area (Å²) in [7, 11) is 0. The van der Waals surface area contributed by atoms with Crippen LogP contribution in [0, 0.1) is 46.8 Å². The number of ether oxygens (including phenoxy) is 1. The van der Waals surface area contributed by atoms with E-state index in [-0.39, 0.29) is 57.0 Å². The molecule has 2 N–H and O–H groups in total. The van der Waals surface area contributed by atoms with E-state index in [0.29, 0.717) is 29.8 Å². The second-order valence-electron chi connectivity index (χ2n) is 17.9. The van der Waals surface area contributed by atoms with Gasteiger partial charge < -0.3 is 15.4 Å². The summed E-state index contributed by atoms with van der Waals surface area (Å²) in [6.45, 7) is 30.7. The zero-order chi connectivity index (χ0) is 38.5. The topological polar surface area (TPSA) is 122 Å². The van der Waals surface area contributed by atoms with E-state index in [1.165, 1.54) is 10.2 Å². The number of hydrogen-bond acceptors (Lipinski definition) is 8. The summed E-state index contributed by atoms with van der Waals surface area (Å²) < 4.78 is 8.18. The molecule has 9 heteroatoms. The highest BCUT2D eigenvalue weighted by molar-refractivity contribution is 6.30. The van der Waals surface area contributed by atoms with Crippen molar-refractivity contribution in [3.8, 4) is 17.5 Å². The molecule has 1 aromatic heterocycles. The van der Waals surface area contributed by atoms with Crippen LogP contribution in [0.2, 0.25) is 0 Å². The van der Waals surface area contributed by atoms with Gasteiger partial charge in [-0.25, -0.2) is 14.8 Å². The van der Waals surface area contributed by atoms with E-state index in [2.05, 4.69) is 94.0 Å². The van der Waals surface area contributed by atoms with Gasteiger partial charge in [-0.1, -0.05) is 100 Å². The van der Waals surface area contributed by atoms with E-state index in [0.717, 1.165) is 29.7 Å². The quantitative estimate of drug-likeness (QED) is 0.243. The van der Waals surface area contributed by atoms with E-state index in [1.54, 1.807) is 0 Å². The molecule has 1 fully saturated rings. The lowest BCUT2D eigenvalue weighted by atomic mass is 9.59. The van der Waals surface area contributed by atoms with Crippen LogP contribution < -0.4 is 10.6 Å². The molecular formula is C43H57N7O2. The molecule has 2 unspecified atom stereocenters. The summed E-state index contributed by atoms with van der Waals surface area (Å²) in [4.78, 5) is 26.5. The highest BCUT2D eigenvalue weighted by Crippen LogP contribution is 2.50. The Bertz CT molecular complexity index is 1930. The molecule has 3 aromatic rings. The minimum atomic E-state index is -0.569. The van der Waals surface area contributed by atoms with Crippen molar-refractivity contribution in [2.24, 2.45) is 39.3 Å². The van der Waals surface area contributed by atoms with Gasteiger partial charge >= 0.3 is 5.97 Å². The lowest BCUT2D eigenvalue weighted by molar-refractivity contribution is -0.162. The number of aryl methyl sites for hydroxylation is 1. The predicted octanol–water partition coefficient (Wildman–Crippen LogP) is 9.34. The lowest BCUT2D eigenvalue weighted by Gasteiger charge is -2.50. The maximum Gasteiger partial charge on any atom is 0.343 e. The first-order valence-corrected chi connectivity index (χ1v) is 18.5. The van der Waals surface area contributed by atoms with Crippen molar-refractivity contribution in [2.75, 3.05) is 11.4 Å². The Morgan fingerprint density at radius 2 is 1.63 bits per heavy atom. The van der Waals surface area contributed by atoms with Crippen LogP contribution in [0.25, 0.3) is 17.0 Å². The van der Waals surface area contributed by atoms with Crippen molar-refractivity contribution >= 4 is 28.8 Å². The molecule has 0 saturated heterocycles. The second-order valence-corrected chi connectivity index (χ2v) is 17.9. The summed E-state index contributed by atoms with van der Waals surface area (Å²) in [6, 6.07) is 16.2. The monoisotopic (exact) mass is 703 g/mol. The van der Waals surface area contributed by atoms with Crippen LogP contribution >= 0.6 is 0 Å². The molecule has 52 heavy (non-hydrogen) atoms. The van der Waals surface area contributed by atoms with Crippen LogP contribution in [0.15, 0.2) is 65.4 Å². The molecular weight excluding hydrogens is 647 g/mol. The minimum Gasteiger partial charge on any atom is -0.458 e. The Morgan fingerprint density at radius 1 is 1.04 bits per heavy atom. The fourth-order valence-electron chi connectivity index (χ4n) is 7.75. The molecule has 9 nitrogen and oxygen atoms in total. The smallest absolute Gasteiger partial charge is 0.343 e. The summed E-state index contributed by atoms with van der Waals surface area (Å²) >= 11 is 0. The summed E-state index contributed by atoms with van der Waals surface area (Å²) in [5, 5.41) is 15.6. The highest BCUT2D eigenvalue weighted by atomic mass is 16.5. The van der Waals surface area contributed by atoms with Gasteiger partial charge in [-0.15, -0.1) is 5.10 Å². The third-order valence-electron chi connectivity index (χ3n) is 10.8. The molecule has 2 heterocycles.